The predicted octanol–water partition coefficient (Wildman–Crippen LogP) is 25.4. The number of benzene rings is 11. The van der Waals surface area contributed by atoms with Crippen LogP contribution >= 0.6 is 0 Å². The van der Waals surface area contributed by atoms with Crippen LogP contribution in [0.15, 0.2) is 249 Å². The standard InChI is InChI=1S/C63H68N2.C22H21N/c1-7-11-19-47(9-3)43-63(44-48(10-4)20-12-8-2)59-41-53(64(51-33-29-45(5)30-34-51)61-27-17-23-49-21-13-15-25-55(49)61)37-39-57(59)58-40-38-54(42-60(58)63)65(52-35-31-46(6)32-36-52)62-28-18-24-50-22-14-16-26-56(50)62;1-4-19-6-5-7-22(16-19)23(20-12-8-17(2)9-13-20)21-14-10-18(3)11-15-21/h13-18,21-42,47-48H,7-12,19-20,43-44H2,1-6H3;4-16H,1H2,2-3H3. The summed E-state index contributed by atoms with van der Waals surface area (Å²) in [5.74, 6) is 1.23. The summed E-state index contributed by atoms with van der Waals surface area (Å²) in [4.78, 5) is 7.33. The molecule has 1 aliphatic rings. The lowest BCUT2D eigenvalue weighted by Gasteiger charge is -2.39. The molecule has 0 saturated heterocycles. The monoisotopic (exact) mass is 1150 g/mol. The van der Waals surface area contributed by atoms with E-state index in [1.54, 1.807) is 0 Å². The lowest BCUT2D eigenvalue weighted by Crippen LogP contribution is -2.32. The van der Waals surface area contributed by atoms with Crippen molar-refractivity contribution in [1.29, 1.82) is 0 Å². The van der Waals surface area contributed by atoms with E-state index in [4.69, 9.17) is 0 Å². The fourth-order valence-electron chi connectivity index (χ4n) is 13.8. The first-order valence-corrected chi connectivity index (χ1v) is 32.7. The molecule has 3 nitrogen and oxygen atoms in total. The van der Waals surface area contributed by atoms with E-state index in [0.29, 0.717) is 11.8 Å². The van der Waals surface area contributed by atoms with Crippen LogP contribution in [-0.4, -0.2) is 0 Å². The van der Waals surface area contributed by atoms with E-state index >= 15 is 0 Å². The third kappa shape index (κ3) is 13.0. The summed E-state index contributed by atoms with van der Waals surface area (Å²) in [6.45, 7) is 22.1. The molecule has 444 valence electrons. The normalized spacial score (nSPS) is 12.8. The third-order valence-corrected chi connectivity index (χ3v) is 18.8. The van der Waals surface area contributed by atoms with Crippen LogP contribution in [0.4, 0.5) is 51.2 Å². The molecule has 0 fully saturated rings. The number of nitrogens with zero attached hydrogens (tertiary/aromatic N) is 3. The molecule has 0 amide bonds. The van der Waals surface area contributed by atoms with Gasteiger partial charge in [0.25, 0.3) is 0 Å². The first kappa shape index (κ1) is 60.8. The fourth-order valence-corrected chi connectivity index (χ4v) is 13.8. The highest BCUT2D eigenvalue weighted by molar-refractivity contribution is 6.01. The first-order chi connectivity index (χ1) is 43.0. The highest BCUT2D eigenvalue weighted by Gasteiger charge is 2.46. The van der Waals surface area contributed by atoms with Crippen molar-refractivity contribution in [2.75, 3.05) is 14.7 Å². The highest BCUT2D eigenvalue weighted by Crippen LogP contribution is 2.59. The van der Waals surface area contributed by atoms with Crippen LogP contribution in [-0.2, 0) is 5.41 Å². The van der Waals surface area contributed by atoms with Gasteiger partial charge in [-0.1, -0.05) is 260 Å². The second-order valence-corrected chi connectivity index (χ2v) is 24.9. The van der Waals surface area contributed by atoms with Crippen molar-refractivity contribution in [2.45, 2.75) is 125 Å². The Kier molecular flexibility index (Phi) is 19.2. The SMILES string of the molecule is C=Cc1cccc(N(c2ccc(C)cc2)c2ccc(C)cc2)c1.CCCCC(CC)CC1(CC(CC)CCCC)c2cc(N(c3ccc(C)cc3)c3cccc4ccccc34)ccc2-c2ccc(N(c3ccc(C)cc3)c3cccc4ccccc34)cc21. The summed E-state index contributed by atoms with van der Waals surface area (Å²) < 4.78 is 0. The number of hydrogen-bond acceptors (Lipinski definition) is 3. The zero-order chi connectivity index (χ0) is 61.2. The van der Waals surface area contributed by atoms with E-state index in [9.17, 15) is 0 Å². The van der Waals surface area contributed by atoms with E-state index in [1.807, 2.05) is 6.08 Å². The van der Waals surface area contributed by atoms with E-state index in [-0.39, 0.29) is 5.41 Å². The van der Waals surface area contributed by atoms with Crippen molar-refractivity contribution in [3.05, 3.63) is 288 Å². The molecule has 0 saturated carbocycles. The van der Waals surface area contributed by atoms with Crippen LogP contribution in [0.5, 0.6) is 0 Å². The molecule has 0 N–H and O–H groups in total. The molecule has 12 rings (SSSR count). The summed E-state index contributed by atoms with van der Waals surface area (Å²) in [5.41, 5.74) is 22.5. The Bertz CT molecular complexity index is 3860. The number of unbranched alkanes of at least 4 members (excludes halogenated alkanes) is 2. The minimum atomic E-state index is -0.172. The minimum Gasteiger partial charge on any atom is -0.310 e. The maximum atomic E-state index is 3.88. The van der Waals surface area contributed by atoms with Gasteiger partial charge in [-0.25, -0.2) is 0 Å². The number of hydrogen-bond donors (Lipinski definition) is 0. The molecule has 3 heteroatoms. The zero-order valence-corrected chi connectivity index (χ0v) is 53.4. The van der Waals surface area contributed by atoms with Gasteiger partial charge in [0.05, 0.1) is 11.4 Å². The largest absolute Gasteiger partial charge is 0.310 e. The second kappa shape index (κ2) is 27.8. The van der Waals surface area contributed by atoms with E-state index in [0.717, 1.165) is 35.5 Å². The van der Waals surface area contributed by atoms with Crippen molar-refractivity contribution < 1.29 is 0 Å². The molecule has 2 unspecified atom stereocenters. The van der Waals surface area contributed by atoms with Gasteiger partial charge in [0.1, 0.15) is 0 Å². The number of anilines is 9. The van der Waals surface area contributed by atoms with Gasteiger partial charge >= 0.3 is 0 Å². The molecule has 0 aliphatic heterocycles. The van der Waals surface area contributed by atoms with Crippen molar-refractivity contribution >= 4 is 78.8 Å². The van der Waals surface area contributed by atoms with Gasteiger partial charge in [0.15, 0.2) is 0 Å². The molecule has 0 spiro atoms. The van der Waals surface area contributed by atoms with E-state index in [1.165, 1.54) is 152 Å². The van der Waals surface area contributed by atoms with Gasteiger partial charge in [-0.15, -0.1) is 0 Å². The van der Waals surface area contributed by atoms with Crippen LogP contribution in [0.1, 0.15) is 131 Å². The van der Waals surface area contributed by atoms with E-state index in [2.05, 4.69) is 319 Å². The molecule has 0 heterocycles. The zero-order valence-electron chi connectivity index (χ0n) is 53.4. The van der Waals surface area contributed by atoms with Crippen LogP contribution in [0.2, 0.25) is 0 Å². The summed E-state index contributed by atoms with van der Waals surface area (Å²) in [5, 5.41) is 5.03. The number of fused-ring (bicyclic) bond motifs is 5. The molecular formula is C85H89N3. The van der Waals surface area contributed by atoms with Crippen LogP contribution < -0.4 is 14.7 Å². The van der Waals surface area contributed by atoms with Crippen LogP contribution in [0, 0.1) is 39.5 Å². The van der Waals surface area contributed by atoms with Crippen LogP contribution in [0.3, 0.4) is 0 Å². The Morgan fingerprint density at radius 1 is 0.364 bits per heavy atom. The summed E-state index contributed by atoms with van der Waals surface area (Å²) in [7, 11) is 0. The summed E-state index contributed by atoms with van der Waals surface area (Å²) >= 11 is 0. The topological polar surface area (TPSA) is 9.72 Å². The molecule has 0 aromatic heterocycles. The van der Waals surface area contributed by atoms with Gasteiger partial charge in [0, 0.05) is 56.0 Å². The van der Waals surface area contributed by atoms with Crippen LogP contribution in [0.25, 0.3) is 38.7 Å². The molecule has 88 heavy (non-hydrogen) atoms. The maximum absolute atomic E-state index is 3.88. The summed E-state index contributed by atoms with van der Waals surface area (Å²) in [6.07, 6.45) is 14.1. The Morgan fingerprint density at radius 3 is 1.10 bits per heavy atom. The molecule has 0 bridgehead atoms. The molecular weight excluding hydrogens is 1060 g/mol. The smallest absolute Gasteiger partial charge is 0.0540 e. The van der Waals surface area contributed by atoms with Crippen molar-refractivity contribution in [1.82, 2.24) is 0 Å². The molecule has 2 atom stereocenters. The average molecular weight is 1150 g/mol. The first-order valence-electron chi connectivity index (χ1n) is 32.7. The van der Waals surface area contributed by atoms with Crippen molar-refractivity contribution in [2.24, 2.45) is 11.8 Å². The predicted molar refractivity (Wildman–Crippen MR) is 383 cm³/mol. The molecule has 1 aliphatic carbocycles. The lowest BCUT2D eigenvalue weighted by atomic mass is 9.65. The van der Waals surface area contributed by atoms with Gasteiger partial charge in [-0.2, -0.15) is 0 Å². The summed E-state index contributed by atoms with van der Waals surface area (Å²) in [6, 6.07) is 90.3. The minimum absolute atomic E-state index is 0.172. The highest BCUT2D eigenvalue weighted by atomic mass is 15.2. The molecule has 11 aromatic carbocycles. The molecule has 0 radical (unpaired) electrons. The van der Waals surface area contributed by atoms with Crippen molar-refractivity contribution in [3.8, 4) is 11.1 Å². The quantitative estimate of drug-likeness (QED) is 0.0670. The van der Waals surface area contributed by atoms with Crippen molar-refractivity contribution in [3.63, 3.8) is 0 Å². The Hall–Kier alpha value is -8.92. The number of rotatable bonds is 22. The second-order valence-electron chi connectivity index (χ2n) is 24.9. The Labute approximate surface area is 526 Å². The Balaban J connectivity index is 0.000000291. The van der Waals surface area contributed by atoms with Gasteiger partial charge in [-0.3, -0.25) is 0 Å². The lowest BCUT2D eigenvalue weighted by molar-refractivity contribution is 0.266. The Morgan fingerprint density at radius 2 is 0.716 bits per heavy atom. The fraction of sp³-hybridized carbons (Fsp3) is 0.247. The average Bonchev–Trinajstić information content (AvgIpc) is 1.56. The van der Waals surface area contributed by atoms with Gasteiger partial charge < -0.3 is 14.7 Å². The third-order valence-electron chi connectivity index (χ3n) is 18.8. The number of aryl methyl sites for hydroxylation is 4. The molecule has 11 aromatic rings. The van der Waals surface area contributed by atoms with Gasteiger partial charge in [-0.05, 0) is 188 Å². The maximum Gasteiger partial charge on any atom is 0.0540 e. The van der Waals surface area contributed by atoms with Gasteiger partial charge in [0.2, 0.25) is 0 Å². The van der Waals surface area contributed by atoms with E-state index < -0.39 is 0 Å².